The van der Waals surface area contributed by atoms with Gasteiger partial charge in [0.05, 0.1) is 4.92 Å². The SMILES string of the molecule is O=C(C=Cc1cccc([N+](=O)[O-])c1)N1CCN(S(=O)(=O)c2c[nH]c3ncccc23)CC1. The second-order valence-corrected chi connectivity index (χ2v) is 8.87. The lowest BCUT2D eigenvalue weighted by atomic mass is 10.2. The third-order valence-electron chi connectivity index (χ3n) is 5.08. The smallest absolute Gasteiger partial charge is 0.270 e. The number of aromatic amines is 1. The monoisotopic (exact) mass is 441 g/mol. The van der Waals surface area contributed by atoms with E-state index in [0.717, 1.165) is 0 Å². The van der Waals surface area contributed by atoms with Crippen LogP contribution in [0.5, 0.6) is 0 Å². The number of hydrogen-bond acceptors (Lipinski definition) is 6. The Hall–Kier alpha value is -3.57. The van der Waals surface area contributed by atoms with Gasteiger partial charge in [0.2, 0.25) is 15.9 Å². The molecule has 1 aliphatic heterocycles. The number of fused-ring (bicyclic) bond motifs is 1. The number of hydrogen-bond donors (Lipinski definition) is 1. The Morgan fingerprint density at radius 3 is 2.68 bits per heavy atom. The first kappa shape index (κ1) is 20.7. The zero-order valence-electron chi connectivity index (χ0n) is 16.3. The molecule has 4 rings (SSSR count). The van der Waals surface area contributed by atoms with Gasteiger partial charge in [-0.2, -0.15) is 4.31 Å². The average Bonchev–Trinajstić information content (AvgIpc) is 3.23. The first-order valence-electron chi connectivity index (χ1n) is 9.50. The Morgan fingerprint density at radius 1 is 1.16 bits per heavy atom. The summed E-state index contributed by atoms with van der Waals surface area (Å²) in [4.78, 5) is 31.5. The number of nitrogens with one attached hydrogen (secondary N) is 1. The number of sulfonamides is 1. The second kappa shape index (κ2) is 8.28. The van der Waals surface area contributed by atoms with E-state index in [9.17, 15) is 23.3 Å². The molecule has 0 unspecified atom stereocenters. The number of nitro groups is 1. The highest BCUT2D eigenvalue weighted by atomic mass is 32.2. The number of aromatic nitrogens is 2. The first-order valence-corrected chi connectivity index (χ1v) is 10.9. The van der Waals surface area contributed by atoms with Crippen molar-refractivity contribution in [2.45, 2.75) is 4.90 Å². The molecule has 0 bridgehead atoms. The van der Waals surface area contributed by atoms with Crippen LogP contribution in [-0.4, -0.2) is 64.6 Å². The second-order valence-electron chi connectivity index (χ2n) is 6.97. The predicted octanol–water partition coefficient (Wildman–Crippen LogP) is 2.02. The number of piperazine rings is 1. The molecular weight excluding hydrogens is 422 g/mol. The largest absolute Gasteiger partial charge is 0.345 e. The number of benzene rings is 1. The maximum Gasteiger partial charge on any atom is 0.270 e. The maximum atomic E-state index is 13.0. The summed E-state index contributed by atoms with van der Waals surface area (Å²) in [5.74, 6) is -0.278. The molecule has 3 heterocycles. The van der Waals surface area contributed by atoms with Crippen molar-refractivity contribution in [2.75, 3.05) is 26.2 Å². The highest BCUT2D eigenvalue weighted by molar-refractivity contribution is 7.89. The van der Waals surface area contributed by atoms with E-state index in [2.05, 4.69) is 9.97 Å². The van der Waals surface area contributed by atoms with Gasteiger partial charge in [0.15, 0.2) is 0 Å². The number of carbonyl (C=O) groups excluding carboxylic acids is 1. The van der Waals surface area contributed by atoms with Gasteiger partial charge >= 0.3 is 0 Å². The number of nitrogens with zero attached hydrogens (tertiary/aromatic N) is 4. The molecule has 1 aliphatic rings. The van der Waals surface area contributed by atoms with Crippen LogP contribution in [0.4, 0.5) is 5.69 Å². The van der Waals surface area contributed by atoms with Gasteiger partial charge in [-0.15, -0.1) is 0 Å². The van der Waals surface area contributed by atoms with Crippen LogP contribution in [0.25, 0.3) is 17.1 Å². The van der Waals surface area contributed by atoms with Crippen LogP contribution in [-0.2, 0) is 14.8 Å². The zero-order chi connectivity index (χ0) is 22.0. The van der Waals surface area contributed by atoms with E-state index in [1.165, 1.54) is 34.8 Å². The molecule has 10 nitrogen and oxygen atoms in total. The lowest BCUT2D eigenvalue weighted by Crippen LogP contribution is -2.50. The molecule has 0 radical (unpaired) electrons. The summed E-state index contributed by atoms with van der Waals surface area (Å²) in [6.07, 6.45) is 5.87. The van der Waals surface area contributed by atoms with E-state index < -0.39 is 14.9 Å². The van der Waals surface area contributed by atoms with Gasteiger partial charge in [-0.25, -0.2) is 13.4 Å². The van der Waals surface area contributed by atoms with Crippen LogP contribution in [0.2, 0.25) is 0 Å². The van der Waals surface area contributed by atoms with Gasteiger partial charge in [0.25, 0.3) is 5.69 Å². The lowest BCUT2D eigenvalue weighted by Gasteiger charge is -2.33. The number of amides is 1. The highest BCUT2D eigenvalue weighted by Gasteiger charge is 2.31. The van der Waals surface area contributed by atoms with Crippen LogP contribution < -0.4 is 0 Å². The minimum atomic E-state index is -3.72. The Labute approximate surface area is 178 Å². The third kappa shape index (κ3) is 4.18. The number of carbonyl (C=O) groups is 1. The van der Waals surface area contributed by atoms with Crippen molar-refractivity contribution < 1.29 is 18.1 Å². The van der Waals surface area contributed by atoms with Crippen molar-refractivity contribution in [3.8, 4) is 0 Å². The topological polar surface area (TPSA) is 130 Å². The number of pyridine rings is 1. The van der Waals surface area contributed by atoms with Crippen LogP contribution in [0.1, 0.15) is 5.56 Å². The van der Waals surface area contributed by atoms with E-state index in [0.29, 0.717) is 16.6 Å². The minimum absolute atomic E-state index is 0.0547. The van der Waals surface area contributed by atoms with Gasteiger partial charge in [0.1, 0.15) is 10.5 Å². The zero-order valence-corrected chi connectivity index (χ0v) is 17.2. The van der Waals surface area contributed by atoms with Gasteiger partial charge < -0.3 is 9.88 Å². The Morgan fingerprint density at radius 2 is 1.94 bits per heavy atom. The van der Waals surface area contributed by atoms with E-state index >= 15 is 0 Å². The molecule has 160 valence electrons. The van der Waals surface area contributed by atoms with Crippen molar-refractivity contribution in [3.05, 3.63) is 70.5 Å². The van der Waals surface area contributed by atoms with Crippen LogP contribution in [0.3, 0.4) is 0 Å². The van der Waals surface area contributed by atoms with E-state index in [1.54, 1.807) is 35.4 Å². The summed E-state index contributed by atoms with van der Waals surface area (Å²) >= 11 is 0. The van der Waals surface area contributed by atoms with Crippen LogP contribution in [0, 0.1) is 10.1 Å². The Bertz CT molecular complexity index is 1280. The van der Waals surface area contributed by atoms with Crippen molar-refractivity contribution in [1.82, 2.24) is 19.2 Å². The maximum absolute atomic E-state index is 13.0. The van der Waals surface area contributed by atoms with E-state index in [4.69, 9.17) is 0 Å². The molecule has 0 spiro atoms. The van der Waals surface area contributed by atoms with Gasteiger partial charge in [-0.05, 0) is 23.8 Å². The normalized spacial score (nSPS) is 15.5. The fourth-order valence-electron chi connectivity index (χ4n) is 3.45. The van der Waals surface area contributed by atoms with Crippen LogP contribution in [0.15, 0.2) is 59.8 Å². The fraction of sp³-hybridized carbons (Fsp3) is 0.200. The number of nitro benzene ring substituents is 1. The molecule has 1 aromatic carbocycles. The van der Waals surface area contributed by atoms with Gasteiger partial charge in [-0.1, -0.05) is 12.1 Å². The van der Waals surface area contributed by atoms with Gasteiger partial charge in [0, 0.05) is 62.2 Å². The minimum Gasteiger partial charge on any atom is -0.345 e. The molecule has 0 saturated carbocycles. The number of H-pyrrole nitrogens is 1. The molecule has 11 heteroatoms. The highest BCUT2D eigenvalue weighted by Crippen LogP contribution is 2.25. The molecule has 1 fully saturated rings. The van der Waals surface area contributed by atoms with Crippen molar-refractivity contribution >= 4 is 38.7 Å². The third-order valence-corrected chi connectivity index (χ3v) is 7.02. The fourth-order valence-corrected chi connectivity index (χ4v) is 5.02. The summed E-state index contributed by atoms with van der Waals surface area (Å²) in [7, 11) is -3.72. The predicted molar refractivity (Wildman–Crippen MR) is 114 cm³/mol. The summed E-state index contributed by atoms with van der Waals surface area (Å²) in [5, 5.41) is 11.4. The molecular formula is C20H19N5O5S. The number of non-ortho nitro benzene ring substituents is 1. The summed E-state index contributed by atoms with van der Waals surface area (Å²) in [6.45, 7) is 0.840. The molecule has 1 N–H and O–H groups in total. The molecule has 1 amide bonds. The Balaban J connectivity index is 1.42. The van der Waals surface area contributed by atoms with Crippen molar-refractivity contribution in [2.24, 2.45) is 0 Å². The summed E-state index contributed by atoms with van der Waals surface area (Å²) in [5.41, 5.74) is 0.985. The number of rotatable bonds is 5. The molecule has 31 heavy (non-hydrogen) atoms. The molecule has 3 aromatic rings. The van der Waals surface area contributed by atoms with Gasteiger partial charge in [-0.3, -0.25) is 14.9 Å². The van der Waals surface area contributed by atoms with E-state index in [-0.39, 0.29) is 42.7 Å². The quantitative estimate of drug-likeness (QED) is 0.366. The molecule has 0 aliphatic carbocycles. The molecule has 0 atom stereocenters. The molecule has 1 saturated heterocycles. The standard InChI is InChI=1S/C20H19N5O5S/c26-19(7-6-15-3-1-4-16(13-15)25(27)28)23-9-11-24(12-10-23)31(29,30)18-14-22-20-17(18)5-2-8-21-20/h1-8,13-14H,9-12H2,(H,21,22). The molecule has 2 aromatic heterocycles. The lowest BCUT2D eigenvalue weighted by molar-refractivity contribution is -0.384. The van der Waals surface area contributed by atoms with Crippen LogP contribution >= 0.6 is 0 Å². The van der Waals surface area contributed by atoms with Crippen molar-refractivity contribution in [3.63, 3.8) is 0 Å². The Kier molecular flexibility index (Phi) is 5.53. The summed E-state index contributed by atoms with van der Waals surface area (Å²) in [6, 6.07) is 9.35. The average molecular weight is 441 g/mol. The summed E-state index contributed by atoms with van der Waals surface area (Å²) < 4.78 is 27.4. The van der Waals surface area contributed by atoms with E-state index in [1.807, 2.05) is 0 Å². The first-order chi connectivity index (χ1) is 14.9. The van der Waals surface area contributed by atoms with Crippen molar-refractivity contribution in [1.29, 1.82) is 0 Å².